The maximum Gasteiger partial charge on any atom is 0.320 e. The average molecular weight is 1080 g/mol. The molecule has 4 saturated heterocycles. The maximum atomic E-state index is 17.1. The molecule has 4 aliphatic heterocycles. The van der Waals surface area contributed by atoms with Crippen LogP contribution >= 0.6 is 11.3 Å². The van der Waals surface area contributed by atoms with E-state index in [4.69, 9.17) is 9.72 Å². The molecule has 2 unspecified atom stereocenters. The van der Waals surface area contributed by atoms with Gasteiger partial charge in [-0.3, -0.25) is 24.3 Å². The lowest BCUT2D eigenvalue weighted by molar-refractivity contribution is -0.152. The van der Waals surface area contributed by atoms with Crippen molar-refractivity contribution in [3.8, 4) is 33.5 Å². The van der Waals surface area contributed by atoms with Gasteiger partial charge in [0.1, 0.15) is 47.4 Å². The highest BCUT2D eigenvalue weighted by molar-refractivity contribution is 7.13. The summed E-state index contributed by atoms with van der Waals surface area (Å²) in [5.41, 5.74) is 3.48. The van der Waals surface area contributed by atoms with Crippen molar-refractivity contribution >= 4 is 56.6 Å². The maximum absolute atomic E-state index is 17.1. The predicted octanol–water partition coefficient (Wildman–Crippen LogP) is 7.25. The number of amides is 3. The Kier molecular flexibility index (Phi) is 15.8. The quantitative estimate of drug-likeness (QED) is 0.0538. The Bertz CT molecular complexity index is 3150. The number of carbonyl (C=O) groups excluding carboxylic acids is 3. The van der Waals surface area contributed by atoms with Gasteiger partial charge in [-0.25, -0.2) is 13.8 Å². The van der Waals surface area contributed by atoms with Crippen LogP contribution in [-0.4, -0.2) is 150 Å². The van der Waals surface area contributed by atoms with Crippen LogP contribution in [0.2, 0.25) is 0 Å². The van der Waals surface area contributed by atoms with E-state index in [1.54, 1.807) is 16.5 Å². The molecule has 7 atom stereocenters. The van der Waals surface area contributed by atoms with Crippen molar-refractivity contribution in [2.45, 2.75) is 128 Å². The smallest absolute Gasteiger partial charge is 0.320 e. The van der Waals surface area contributed by atoms with Gasteiger partial charge in [0.25, 0.3) is 0 Å². The molecule has 20 heteroatoms. The highest BCUT2D eigenvalue weighted by atomic mass is 32.1. The molecule has 10 rings (SSSR count). The number of aromatic nitrogens is 4. The minimum absolute atomic E-state index is 0.00994. The number of nitrogens with one attached hydrogen (secondary N) is 2. The van der Waals surface area contributed by atoms with E-state index in [0.29, 0.717) is 67.6 Å². The van der Waals surface area contributed by atoms with Crippen LogP contribution in [0, 0.1) is 24.0 Å². The summed E-state index contributed by atoms with van der Waals surface area (Å²) in [5, 5.41) is 39.5. The zero-order valence-electron chi connectivity index (χ0n) is 44.2. The fourth-order valence-electron chi connectivity index (χ4n) is 12.0. The largest absolute Gasteiger partial charge is 0.508 e. The molecule has 4 fully saturated rings. The Balaban J connectivity index is 0.841. The van der Waals surface area contributed by atoms with Crippen LogP contribution in [-0.2, 0) is 14.4 Å². The lowest BCUT2D eigenvalue weighted by Gasteiger charge is -2.43. The normalized spacial score (nSPS) is 21.5. The third-order valence-electron chi connectivity index (χ3n) is 15.6. The number of aromatic hydroxyl groups is 1. The number of phenolic OH excluding ortho intramolecular Hbond substituents is 1. The fraction of sp³-hybridized carbons (Fsp3) is 0.491. The number of nitrogens with zero attached hydrogens (tertiary/aromatic N) is 8. The zero-order chi connectivity index (χ0) is 54.3. The Morgan fingerprint density at radius 1 is 1.01 bits per heavy atom. The van der Waals surface area contributed by atoms with Gasteiger partial charge in [-0.05, 0) is 85.6 Å². The topological polar surface area (TPSA) is 210 Å². The summed E-state index contributed by atoms with van der Waals surface area (Å²) in [6.45, 7) is 11.8. The van der Waals surface area contributed by atoms with Crippen LogP contribution in [0.3, 0.4) is 0 Å². The van der Waals surface area contributed by atoms with Gasteiger partial charge in [0.15, 0.2) is 5.82 Å². The molecule has 6 aromatic rings. The first-order valence-corrected chi connectivity index (χ1v) is 27.7. The van der Waals surface area contributed by atoms with E-state index in [-0.39, 0.29) is 90.7 Å². The van der Waals surface area contributed by atoms with Gasteiger partial charge in [0, 0.05) is 80.8 Å². The van der Waals surface area contributed by atoms with Gasteiger partial charge in [-0.2, -0.15) is 9.97 Å². The molecule has 3 aromatic carbocycles. The number of hydrogen-bond donors (Lipinski definition) is 5. The van der Waals surface area contributed by atoms with Gasteiger partial charge < -0.3 is 45.4 Å². The van der Waals surface area contributed by atoms with Crippen molar-refractivity contribution in [1.82, 2.24) is 45.3 Å². The van der Waals surface area contributed by atoms with E-state index in [1.807, 2.05) is 52.0 Å². The highest BCUT2D eigenvalue weighted by Crippen LogP contribution is 2.40. The number of piperazine rings is 1. The standard InChI is InChI=1S/C57H68F2N10O7S/c1-6-20-66(31-76-56-64-50-42(53(65-56)67-26-36-16-17-37(27-67)62-36)25-60-49(48(50)59)41-23-39(71)22-35-9-7-11-43(58)47(35)41)21-8-10-38-18-19-46(73)69(38)52(57(3,4)5)55(75)68-28-40(72)24-45(68)54(74)63-44(29-70)33-12-14-34(15-13-33)51-32(2)61-30-77-51/h7,9,11-15,22-23,25,30,36-38,40,44-45,52,62,70-72H,6,8,10,16-21,24,26-29,31H2,1-5H3,(H,63,74)/t36?,37?,38-,40+,44-,45-,52+/m0/s1. The molecule has 4 aliphatic rings. The lowest BCUT2D eigenvalue weighted by atomic mass is 9.83. The molecule has 408 valence electrons. The highest BCUT2D eigenvalue weighted by Gasteiger charge is 2.50. The Hall–Kier alpha value is -6.45. The average Bonchev–Trinajstić information content (AvgIpc) is 4.21. The number of thiazole rings is 1. The second-order valence-corrected chi connectivity index (χ2v) is 23.1. The first-order chi connectivity index (χ1) is 37.0. The van der Waals surface area contributed by atoms with E-state index in [2.05, 4.69) is 42.3 Å². The zero-order valence-corrected chi connectivity index (χ0v) is 45.0. The third kappa shape index (κ3) is 11.2. The molecule has 3 amide bonds. The summed E-state index contributed by atoms with van der Waals surface area (Å²) >= 11 is 1.53. The van der Waals surface area contributed by atoms with Gasteiger partial charge >= 0.3 is 6.01 Å². The number of pyridine rings is 1. The SMILES string of the molecule is CCCN(CCC[C@H]1CCC(=O)N1[C@H](C(=O)N1C[C@H](O)C[C@H]1C(=O)N[C@@H](CO)c1ccc(-c2scnc2C)cc1)C(C)(C)C)COc1nc(N2CC3CCC(C2)N3)c2cnc(-c3cc(O)cc4cccc(F)c34)c(F)c2n1. The van der Waals surface area contributed by atoms with Crippen LogP contribution < -0.4 is 20.3 Å². The first-order valence-electron chi connectivity index (χ1n) is 26.8. The molecule has 7 heterocycles. The number of likely N-dealkylation sites (tertiary alicyclic amines) is 2. The van der Waals surface area contributed by atoms with Crippen molar-refractivity contribution in [2.24, 2.45) is 5.41 Å². The van der Waals surface area contributed by atoms with E-state index in [1.165, 1.54) is 46.7 Å². The summed E-state index contributed by atoms with van der Waals surface area (Å²) in [5.74, 6) is -2.12. The van der Waals surface area contributed by atoms with Crippen LogP contribution in [0.15, 0.2) is 66.3 Å². The molecular weight excluding hydrogens is 1010 g/mol. The number of benzene rings is 3. The number of hydrogen-bond acceptors (Lipinski definition) is 15. The molecular formula is C57H68F2N10O7S. The molecule has 3 aromatic heterocycles. The number of anilines is 1. The molecule has 5 N–H and O–H groups in total. The number of ether oxygens (including phenoxy) is 1. The van der Waals surface area contributed by atoms with Crippen molar-refractivity contribution in [2.75, 3.05) is 51.0 Å². The van der Waals surface area contributed by atoms with Crippen molar-refractivity contribution < 1.29 is 43.2 Å². The van der Waals surface area contributed by atoms with Crippen molar-refractivity contribution in [3.05, 3.63) is 89.2 Å². The number of fused-ring (bicyclic) bond motifs is 4. The van der Waals surface area contributed by atoms with Gasteiger partial charge in [0.05, 0.1) is 40.2 Å². The summed E-state index contributed by atoms with van der Waals surface area (Å²) in [4.78, 5) is 69.8. The summed E-state index contributed by atoms with van der Waals surface area (Å²) in [6.07, 6.45) is 5.38. The van der Waals surface area contributed by atoms with Crippen LogP contribution in [0.4, 0.5) is 14.6 Å². The van der Waals surface area contributed by atoms with Crippen molar-refractivity contribution in [3.63, 3.8) is 0 Å². The predicted molar refractivity (Wildman–Crippen MR) is 290 cm³/mol. The molecule has 17 nitrogen and oxygen atoms in total. The minimum atomic E-state index is -1.03. The second kappa shape index (κ2) is 22.5. The molecule has 0 aliphatic carbocycles. The number of rotatable bonds is 18. The molecule has 0 radical (unpaired) electrons. The van der Waals surface area contributed by atoms with Gasteiger partial charge in [0.2, 0.25) is 17.7 Å². The number of phenols is 1. The molecule has 0 spiro atoms. The first kappa shape index (κ1) is 53.9. The van der Waals surface area contributed by atoms with E-state index < -0.39 is 53.1 Å². The summed E-state index contributed by atoms with van der Waals surface area (Å²) in [7, 11) is 0. The Labute approximate surface area is 450 Å². The fourth-order valence-corrected chi connectivity index (χ4v) is 12.8. The summed E-state index contributed by atoms with van der Waals surface area (Å²) in [6, 6.07) is 12.2. The van der Waals surface area contributed by atoms with Crippen molar-refractivity contribution in [1.29, 1.82) is 0 Å². The molecule has 77 heavy (non-hydrogen) atoms. The number of aliphatic hydroxyl groups is 2. The number of aliphatic hydroxyl groups excluding tert-OH is 2. The van der Waals surface area contributed by atoms with Gasteiger partial charge in [-0.15, -0.1) is 11.3 Å². The van der Waals surface area contributed by atoms with Crippen LogP contribution in [0.25, 0.3) is 43.4 Å². The lowest BCUT2D eigenvalue weighted by Crippen LogP contribution is -2.60. The minimum Gasteiger partial charge on any atom is -0.508 e. The second-order valence-electron chi connectivity index (χ2n) is 22.2. The van der Waals surface area contributed by atoms with Crippen LogP contribution in [0.1, 0.15) is 96.4 Å². The molecule has 0 saturated carbocycles. The molecule has 2 bridgehead atoms. The van der Waals surface area contributed by atoms with Gasteiger partial charge in [-0.1, -0.05) is 64.1 Å². The number of aryl methyl sites for hydroxylation is 1. The number of β-amino-alcohol motifs (C(OH)–C–C–N with tert-alkyl or cyclic N) is 1. The van der Waals surface area contributed by atoms with E-state index in [0.717, 1.165) is 35.4 Å². The van der Waals surface area contributed by atoms with E-state index >= 15 is 8.78 Å². The summed E-state index contributed by atoms with van der Waals surface area (Å²) < 4.78 is 38.9. The monoisotopic (exact) mass is 1070 g/mol. The number of carbonyl (C=O) groups is 3. The Morgan fingerprint density at radius 3 is 2.48 bits per heavy atom. The Morgan fingerprint density at radius 2 is 1.78 bits per heavy atom. The van der Waals surface area contributed by atoms with Crippen LogP contribution in [0.5, 0.6) is 11.8 Å². The van der Waals surface area contributed by atoms with E-state index in [9.17, 15) is 29.7 Å². The third-order valence-corrected chi connectivity index (χ3v) is 16.6. The number of halogens is 2.